The molecule has 2 fully saturated rings. The normalized spacial score (nSPS) is 41.5. The first-order chi connectivity index (χ1) is 20.0. The first-order valence-corrected chi connectivity index (χ1v) is 15.3. The summed E-state index contributed by atoms with van der Waals surface area (Å²) in [5, 5.41) is 24.0. The van der Waals surface area contributed by atoms with E-state index in [2.05, 4.69) is 6.92 Å². The Bertz CT molecular complexity index is 1190. The van der Waals surface area contributed by atoms with Crippen molar-refractivity contribution >= 4 is 23.9 Å². The van der Waals surface area contributed by atoms with Crippen LogP contribution in [0.2, 0.25) is 0 Å². The van der Waals surface area contributed by atoms with Crippen LogP contribution < -0.4 is 0 Å². The minimum atomic E-state index is -1.92. The van der Waals surface area contributed by atoms with Crippen LogP contribution in [-0.2, 0) is 42.9 Å². The van der Waals surface area contributed by atoms with Crippen molar-refractivity contribution in [3.05, 3.63) is 23.8 Å². The first-order valence-electron chi connectivity index (χ1n) is 15.3. The van der Waals surface area contributed by atoms with Crippen molar-refractivity contribution in [3.63, 3.8) is 0 Å². The Hall–Kier alpha value is -2.76. The summed E-state index contributed by atoms with van der Waals surface area (Å²) in [6.07, 6.45) is 3.99. The zero-order valence-corrected chi connectivity index (χ0v) is 26.2. The molecule has 0 aromatic carbocycles. The van der Waals surface area contributed by atoms with Gasteiger partial charge in [0.2, 0.25) is 0 Å². The summed E-state index contributed by atoms with van der Waals surface area (Å²) >= 11 is 0. The van der Waals surface area contributed by atoms with E-state index in [0.717, 1.165) is 25.7 Å². The second-order valence-corrected chi connectivity index (χ2v) is 13.0. The molecule has 11 nitrogen and oxygen atoms in total. The molecule has 2 saturated heterocycles. The topological polar surface area (TPSA) is 158 Å². The van der Waals surface area contributed by atoms with Gasteiger partial charge in [0, 0.05) is 38.0 Å². The van der Waals surface area contributed by atoms with Gasteiger partial charge in [-0.15, -0.1) is 0 Å². The molecule has 0 bridgehead atoms. The van der Waals surface area contributed by atoms with Gasteiger partial charge >= 0.3 is 23.9 Å². The Morgan fingerprint density at radius 3 is 2.28 bits per heavy atom. The van der Waals surface area contributed by atoms with Gasteiger partial charge in [-0.05, 0) is 44.9 Å². The van der Waals surface area contributed by atoms with E-state index in [1.54, 1.807) is 26.0 Å². The lowest BCUT2D eigenvalue weighted by Crippen LogP contribution is -2.67. The number of rotatable bonds is 9. The fourth-order valence-corrected chi connectivity index (χ4v) is 7.30. The molecule has 43 heavy (non-hydrogen) atoms. The van der Waals surface area contributed by atoms with Crippen LogP contribution >= 0.6 is 0 Å². The number of hydrogen-bond acceptors (Lipinski definition) is 11. The molecule has 0 unspecified atom stereocenters. The Balaban J connectivity index is 1.81. The van der Waals surface area contributed by atoms with Gasteiger partial charge in [0.1, 0.15) is 23.9 Å². The molecule has 0 radical (unpaired) electrons. The van der Waals surface area contributed by atoms with Crippen LogP contribution in [0.25, 0.3) is 0 Å². The number of epoxide rings is 1. The third kappa shape index (κ3) is 5.76. The van der Waals surface area contributed by atoms with Crippen LogP contribution in [0, 0.1) is 11.3 Å². The minimum Gasteiger partial charge on any atom is -0.459 e. The molecule has 2 heterocycles. The van der Waals surface area contributed by atoms with Gasteiger partial charge < -0.3 is 33.9 Å². The molecule has 2 aliphatic heterocycles. The number of aliphatic hydroxyl groups is 2. The maximum atomic E-state index is 13.2. The Morgan fingerprint density at radius 1 is 1.02 bits per heavy atom. The standard InChI is InChI=1S/C32H46O11/c1-8-9-10-11-12-13-25(36)41-21-17-22(35)29(5)15-14-23(39-19(3)33)30(6,38)26(29)27(40-20(4)34)32-24(16-18(21)2)42-28(37)31(32,7)43-32/h14-16,21-24,26-27,35,38H,8-13,17H2,1-7H3/t21-,22+,23-,24+,26-,27+,29-,30-,31+,32+/m1/s1. The van der Waals surface area contributed by atoms with Crippen molar-refractivity contribution in [3.8, 4) is 0 Å². The second kappa shape index (κ2) is 12.0. The molecule has 11 heteroatoms. The number of hydrogen-bond donors (Lipinski definition) is 2. The van der Waals surface area contributed by atoms with Crippen LogP contribution in [0.5, 0.6) is 0 Å². The highest BCUT2D eigenvalue weighted by Crippen LogP contribution is 2.65. The fourth-order valence-electron chi connectivity index (χ4n) is 7.30. The van der Waals surface area contributed by atoms with Gasteiger partial charge in [0.15, 0.2) is 17.3 Å². The molecule has 1 spiro atoms. The minimum absolute atomic E-state index is 0.0614. The van der Waals surface area contributed by atoms with Gasteiger partial charge in [-0.25, -0.2) is 4.79 Å². The lowest BCUT2D eigenvalue weighted by atomic mass is 9.55. The smallest absolute Gasteiger partial charge is 0.342 e. The highest BCUT2D eigenvalue weighted by molar-refractivity contribution is 5.89. The lowest BCUT2D eigenvalue weighted by molar-refractivity contribution is -0.216. The van der Waals surface area contributed by atoms with Crippen LogP contribution in [0.4, 0.5) is 0 Å². The quantitative estimate of drug-likeness (QED) is 0.130. The monoisotopic (exact) mass is 606 g/mol. The molecule has 4 rings (SSSR count). The predicted octanol–water partition coefficient (Wildman–Crippen LogP) is 3.23. The van der Waals surface area contributed by atoms with Crippen molar-refractivity contribution in [1.29, 1.82) is 0 Å². The number of carbonyl (C=O) groups is 4. The number of fused-ring (bicyclic) bond motifs is 1. The third-order valence-electron chi connectivity index (χ3n) is 9.78. The van der Waals surface area contributed by atoms with E-state index in [1.165, 1.54) is 33.8 Å². The lowest BCUT2D eigenvalue weighted by Gasteiger charge is -2.54. The second-order valence-electron chi connectivity index (χ2n) is 13.0. The summed E-state index contributed by atoms with van der Waals surface area (Å²) < 4.78 is 29.2. The van der Waals surface area contributed by atoms with Crippen molar-refractivity contribution in [1.82, 2.24) is 0 Å². The molecular formula is C32H46O11. The molecule has 240 valence electrons. The van der Waals surface area contributed by atoms with E-state index in [-0.39, 0.29) is 12.8 Å². The summed E-state index contributed by atoms with van der Waals surface area (Å²) in [7, 11) is 0. The van der Waals surface area contributed by atoms with E-state index in [0.29, 0.717) is 12.0 Å². The zero-order valence-electron chi connectivity index (χ0n) is 26.2. The average Bonchev–Trinajstić information content (AvgIpc) is 3.49. The van der Waals surface area contributed by atoms with Crippen LogP contribution in [0.3, 0.4) is 0 Å². The molecule has 0 saturated carbocycles. The molecule has 0 aromatic rings. The maximum Gasteiger partial charge on any atom is 0.342 e. The first kappa shape index (κ1) is 33.1. The maximum absolute atomic E-state index is 13.2. The number of carbonyl (C=O) groups excluding carboxylic acids is 4. The van der Waals surface area contributed by atoms with Gasteiger partial charge in [-0.3, -0.25) is 14.4 Å². The summed E-state index contributed by atoms with van der Waals surface area (Å²) in [5.74, 6) is -3.61. The zero-order chi connectivity index (χ0) is 32.0. The van der Waals surface area contributed by atoms with E-state index < -0.39 is 82.5 Å². The molecule has 2 aliphatic carbocycles. The summed E-state index contributed by atoms with van der Waals surface area (Å²) in [6.45, 7) is 10.9. The predicted molar refractivity (Wildman–Crippen MR) is 152 cm³/mol. The van der Waals surface area contributed by atoms with Gasteiger partial charge in [-0.1, -0.05) is 45.6 Å². The molecule has 2 N–H and O–H groups in total. The number of esters is 4. The Kier molecular flexibility index (Phi) is 9.22. The van der Waals surface area contributed by atoms with Crippen molar-refractivity contribution in [2.45, 2.75) is 141 Å². The van der Waals surface area contributed by atoms with Gasteiger partial charge in [-0.2, -0.15) is 0 Å². The summed E-state index contributed by atoms with van der Waals surface area (Å²) in [5.41, 5.74) is -5.84. The number of aliphatic hydroxyl groups excluding tert-OH is 1. The van der Waals surface area contributed by atoms with Gasteiger partial charge in [0.25, 0.3) is 0 Å². The van der Waals surface area contributed by atoms with Crippen molar-refractivity contribution in [2.24, 2.45) is 11.3 Å². The van der Waals surface area contributed by atoms with E-state index in [9.17, 15) is 29.4 Å². The third-order valence-corrected chi connectivity index (χ3v) is 9.78. The van der Waals surface area contributed by atoms with Crippen LogP contribution in [0.15, 0.2) is 23.8 Å². The highest BCUT2D eigenvalue weighted by Gasteiger charge is 2.87. The average molecular weight is 607 g/mol. The largest absolute Gasteiger partial charge is 0.459 e. The number of unbranched alkanes of at least 4 members (excludes halogenated alkanes) is 4. The fraction of sp³-hybridized carbons (Fsp3) is 0.750. The SMILES string of the molecule is CCCCCCCC(=O)O[C@@H]1C[C@H](O)[C@@]2(C)C=C[C@@H](OC(C)=O)[C@@](C)(O)[C@@H]2[C@H](OC(C)=O)[C@]23O[C@@]2(C)C(=O)O[C@H]3C=C1C. The van der Waals surface area contributed by atoms with E-state index in [4.69, 9.17) is 23.7 Å². The Labute approximate surface area is 252 Å². The van der Waals surface area contributed by atoms with Crippen LogP contribution in [0.1, 0.15) is 93.4 Å². The van der Waals surface area contributed by atoms with Crippen LogP contribution in [-0.4, -0.2) is 81.4 Å². The summed E-state index contributed by atoms with van der Waals surface area (Å²) in [6, 6.07) is 0. The van der Waals surface area contributed by atoms with E-state index in [1.807, 2.05) is 0 Å². The van der Waals surface area contributed by atoms with E-state index >= 15 is 0 Å². The van der Waals surface area contributed by atoms with Crippen molar-refractivity contribution < 1.29 is 53.1 Å². The number of ether oxygens (including phenoxy) is 5. The highest BCUT2D eigenvalue weighted by atomic mass is 16.7. The molecule has 0 aromatic heterocycles. The molecule has 4 aliphatic rings. The Morgan fingerprint density at radius 2 is 1.67 bits per heavy atom. The molecule has 10 atom stereocenters. The molecule has 0 amide bonds. The van der Waals surface area contributed by atoms with Crippen molar-refractivity contribution in [2.75, 3.05) is 0 Å². The summed E-state index contributed by atoms with van der Waals surface area (Å²) in [4.78, 5) is 50.7. The van der Waals surface area contributed by atoms with Gasteiger partial charge in [0.05, 0.1) is 6.10 Å². The molecular weight excluding hydrogens is 560 g/mol.